The molecular weight excluding hydrogens is 308 g/mol. The molecule has 0 fully saturated rings. The SMILES string of the molecule is COc1ccccc1C(C)N(C)Cc1nc(-c2cccs2)n[nH]1. The van der Waals surface area contributed by atoms with Gasteiger partial charge in [-0.05, 0) is 31.5 Å². The lowest BCUT2D eigenvalue weighted by Gasteiger charge is -2.25. The van der Waals surface area contributed by atoms with Crippen LogP contribution in [-0.4, -0.2) is 34.2 Å². The van der Waals surface area contributed by atoms with Crippen LogP contribution >= 0.6 is 11.3 Å². The third kappa shape index (κ3) is 3.43. The Morgan fingerprint density at radius 2 is 2.09 bits per heavy atom. The third-order valence-corrected chi connectivity index (χ3v) is 4.79. The number of hydrogen-bond acceptors (Lipinski definition) is 5. The highest BCUT2D eigenvalue weighted by Gasteiger charge is 2.17. The van der Waals surface area contributed by atoms with Gasteiger partial charge >= 0.3 is 0 Å². The van der Waals surface area contributed by atoms with Gasteiger partial charge in [0, 0.05) is 11.6 Å². The molecule has 0 amide bonds. The van der Waals surface area contributed by atoms with Crippen molar-refractivity contribution in [2.75, 3.05) is 14.2 Å². The molecule has 2 aromatic heterocycles. The van der Waals surface area contributed by atoms with Gasteiger partial charge in [-0.15, -0.1) is 11.3 Å². The summed E-state index contributed by atoms with van der Waals surface area (Å²) in [6.45, 7) is 2.85. The molecule has 0 aliphatic carbocycles. The Balaban J connectivity index is 1.72. The highest BCUT2D eigenvalue weighted by atomic mass is 32.1. The number of methoxy groups -OCH3 is 1. The number of para-hydroxylation sites is 1. The zero-order valence-electron chi connectivity index (χ0n) is 13.5. The Morgan fingerprint density at radius 3 is 2.83 bits per heavy atom. The Kier molecular flexibility index (Phi) is 4.73. The maximum atomic E-state index is 5.46. The molecule has 2 heterocycles. The molecule has 1 unspecified atom stereocenters. The van der Waals surface area contributed by atoms with Crippen molar-refractivity contribution in [1.82, 2.24) is 20.1 Å². The predicted molar refractivity (Wildman–Crippen MR) is 92.6 cm³/mol. The quantitative estimate of drug-likeness (QED) is 0.749. The number of aromatic nitrogens is 3. The van der Waals surface area contributed by atoms with Gasteiger partial charge in [-0.1, -0.05) is 24.3 Å². The van der Waals surface area contributed by atoms with Crippen molar-refractivity contribution in [3.63, 3.8) is 0 Å². The van der Waals surface area contributed by atoms with E-state index in [2.05, 4.69) is 40.1 Å². The third-order valence-electron chi connectivity index (χ3n) is 3.92. The van der Waals surface area contributed by atoms with Gasteiger partial charge in [0.2, 0.25) is 0 Å². The van der Waals surface area contributed by atoms with Crippen LogP contribution in [-0.2, 0) is 6.54 Å². The number of rotatable bonds is 6. The van der Waals surface area contributed by atoms with Crippen molar-refractivity contribution in [3.8, 4) is 16.5 Å². The van der Waals surface area contributed by atoms with E-state index in [1.807, 2.05) is 35.7 Å². The molecule has 0 spiro atoms. The highest BCUT2D eigenvalue weighted by Crippen LogP contribution is 2.29. The molecule has 0 radical (unpaired) electrons. The molecule has 120 valence electrons. The van der Waals surface area contributed by atoms with Crippen molar-refractivity contribution < 1.29 is 4.74 Å². The smallest absolute Gasteiger partial charge is 0.191 e. The van der Waals surface area contributed by atoms with Crippen LogP contribution in [0.15, 0.2) is 41.8 Å². The second-order valence-corrected chi connectivity index (χ2v) is 6.36. The molecule has 1 aromatic carbocycles. The molecular formula is C17H20N4OS. The molecule has 0 saturated carbocycles. The van der Waals surface area contributed by atoms with E-state index in [-0.39, 0.29) is 6.04 Å². The summed E-state index contributed by atoms with van der Waals surface area (Å²) < 4.78 is 5.46. The second kappa shape index (κ2) is 6.93. The summed E-state index contributed by atoms with van der Waals surface area (Å²) in [5.74, 6) is 2.52. The van der Waals surface area contributed by atoms with Gasteiger partial charge in [0.1, 0.15) is 11.6 Å². The van der Waals surface area contributed by atoms with E-state index in [9.17, 15) is 0 Å². The first-order valence-corrected chi connectivity index (χ1v) is 8.35. The van der Waals surface area contributed by atoms with Crippen molar-refractivity contribution >= 4 is 11.3 Å². The van der Waals surface area contributed by atoms with Crippen molar-refractivity contribution in [2.45, 2.75) is 19.5 Å². The summed E-state index contributed by atoms with van der Waals surface area (Å²) in [5.41, 5.74) is 1.16. The molecule has 5 nitrogen and oxygen atoms in total. The van der Waals surface area contributed by atoms with Crippen molar-refractivity contribution in [2.24, 2.45) is 0 Å². The summed E-state index contributed by atoms with van der Waals surface area (Å²) in [6.07, 6.45) is 0. The number of thiophene rings is 1. The van der Waals surface area contributed by atoms with E-state index < -0.39 is 0 Å². The molecule has 3 aromatic rings. The summed E-state index contributed by atoms with van der Waals surface area (Å²) in [7, 11) is 3.78. The minimum absolute atomic E-state index is 0.210. The van der Waals surface area contributed by atoms with Crippen molar-refractivity contribution in [3.05, 3.63) is 53.2 Å². The number of nitrogens with zero attached hydrogens (tertiary/aromatic N) is 3. The van der Waals surface area contributed by atoms with Crippen molar-refractivity contribution in [1.29, 1.82) is 0 Å². The first-order valence-electron chi connectivity index (χ1n) is 7.47. The molecule has 0 aliphatic rings. The number of benzene rings is 1. The molecule has 6 heteroatoms. The van der Waals surface area contributed by atoms with Gasteiger partial charge in [-0.3, -0.25) is 10.00 Å². The Labute approximate surface area is 140 Å². The second-order valence-electron chi connectivity index (χ2n) is 5.42. The van der Waals surface area contributed by atoms with Crippen LogP contribution in [0.5, 0.6) is 5.75 Å². The maximum absolute atomic E-state index is 5.46. The molecule has 0 bridgehead atoms. The molecule has 0 saturated heterocycles. The van der Waals surface area contributed by atoms with E-state index in [0.29, 0.717) is 6.54 Å². The standard InChI is InChI=1S/C17H20N4OS/c1-12(13-7-4-5-8-14(13)22-3)21(2)11-16-18-17(20-19-16)15-9-6-10-23-15/h4-10,12H,11H2,1-3H3,(H,18,19,20). The van der Waals surface area contributed by atoms with Gasteiger partial charge in [-0.25, -0.2) is 4.98 Å². The first-order chi connectivity index (χ1) is 11.2. The highest BCUT2D eigenvalue weighted by molar-refractivity contribution is 7.13. The summed E-state index contributed by atoms with van der Waals surface area (Å²) in [5, 5.41) is 9.36. The van der Waals surface area contributed by atoms with Gasteiger partial charge in [-0.2, -0.15) is 5.10 Å². The zero-order valence-corrected chi connectivity index (χ0v) is 14.3. The van der Waals surface area contributed by atoms with E-state index in [4.69, 9.17) is 4.74 Å². The van der Waals surface area contributed by atoms with Gasteiger partial charge < -0.3 is 4.74 Å². The molecule has 3 rings (SSSR count). The average molecular weight is 328 g/mol. The fourth-order valence-electron chi connectivity index (χ4n) is 2.50. The van der Waals surface area contributed by atoms with Crippen LogP contribution in [0.1, 0.15) is 24.4 Å². The van der Waals surface area contributed by atoms with Crippen LogP contribution in [0.2, 0.25) is 0 Å². The maximum Gasteiger partial charge on any atom is 0.191 e. The summed E-state index contributed by atoms with van der Waals surface area (Å²) in [4.78, 5) is 7.88. The molecule has 1 N–H and O–H groups in total. The van der Waals surface area contributed by atoms with E-state index in [0.717, 1.165) is 27.8 Å². The van der Waals surface area contributed by atoms with Gasteiger partial charge in [0.25, 0.3) is 0 Å². The van der Waals surface area contributed by atoms with E-state index in [1.165, 1.54) is 0 Å². The Morgan fingerprint density at radius 1 is 1.26 bits per heavy atom. The van der Waals surface area contributed by atoms with Gasteiger partial charge in [0.05, 0.1) is 18.5 Å². The Hall–Kier alpha value is -2.18. The topological polar surface area (TPSA) is 54.0 Å². The number of nitrogens with one attached hydrogen (secondary N) is 1. The number of ether oxygens (including phenoxy) is 1. The molecule has 23 heavy (non-hydrogen) atoms. The fourth-order valence-corrected chi connectivity index (χ4v) is 3.16. The van der Waals surface area contributed by atoms with Crippen LogP contribution in [0.25, 0.3) is 10.7 Å². The zero-order chi connectivity index (χ0) is 16.2. The predicted octanol–water partition coefficient (Wildman–Crippen LogP) is 3.73. The van der Waals surface area contributed by atoms with Crippen LogP contribution in [0.3, 0.4) is 0 Å². The van der Waals surface area contributed by atoms with Crippen LogP contribution in [0.4, 0.5) is 0 Å². The lowest BCUT2D eigenvalue weighted by Crippen LogP contribution is -2.23. The number of H-pyrrole nitrogens is 1. The first kappa shape index (κ1) is 15.7. The average Bonchev–Trinajstić information content (AvgIpc) is 3.25. The fraction of sp³-hybridized carbons (Fsp3) is 0.294. The largest absolute Gasteiger partial charge is 0.496 e. The van der Waals surface area contributed by atoms with E-state index in [1.54, 1.807) is 18.4 Å². The minimum atomic E-state index is 0.210. The van der Waals surface area contributed by atoms with Crippen LogP contribution < -0.4 is 4.74 Å². The minimum Gasteiger partial charge on any atom is -0.496 e. The lowest BCUT2D eigenvalue weighted by atomic mass is 10.1. The molecule has 1 atom stereocenters. The Bertz CT molecular complexity index is 754. The lowest BCUT2D eigenvalue weighted by molar-refractivity contribution is 0.241. The van der Waals surface area contributed by atoms with Gasteiger partial charge in [0.15, 0.2) is 5.82 Å². The monoisotopic (exact) mass is 328 g/mol. The number of aromatic amines is 1. The molecule has 0 aliphatic heterocycles. The van der Waals surface area contributed by atoms with Crippen LogP contribution in [0, 0.1) is 0 Å². The number of hydrogen-bond donors (Lipinski definition) is 1. The summed E-state index contributed by atoms with van der Waals surface area (Å²) >= 11 is 1.64. The van der Waals surface area contributed by atoms with E-state index >= 15 is 0 Å². The normalized spacial score (nSPS) is 12.5. The summed E-state index contributed by atoms with van der Waals surface area (Å²) in [6, 6.07) is 12.3.